The molecule has 0 saturated heterocycles. The molecule has 0 spiro atoms. The van der Waals surface area contributed by atoms with Gasteiger partial charge in [-0.05, 0) is 54.6 Å². The number of sulfonamides is 2. The van der Waals surface area contributed by atoms with Gasteiger partial charge in [0.05, 0.1) is 36.8 Å². The largest absolute Gasteiger partial charge is 0.495 e. The Balaban J connectivity index is 1.98. The first-order valence-electron chi connectivity index (χ1n) is 12.4. The molecule has 0 aromatic heterocycles. The number of anilines is 2. The number of nitrogens with zero attached hydrogens (tertiary/aromatic N) is 2. The second kappa shape index (κ2) is 13.4. The molecule has 0 aliphatic rings. The Morgan fingerprint density at radius 1 is 0.756 bits per heavy atom. The van der Waals surface area contributed by atoms with Crippen LogP contribution in [0.4, 0.5) is 11.4 Å². The Kier molecular flexibility index (Phi) is 10.5. The standard InChI is InChI=1S/C27H32ClN3O8S2/c1-6-30(7-2)40(33,34)21-11-9-20(10-12-21)29-27(32)18-31(23-16-19(28)8-14-24(23)37-3)41(35,36)22-13-15-25(38-4)26(17-22)39-5/h8-17H,6-7,18H2,1-5H3,(H,29,32). The van der Waals surface area contributed by atoms with Gasteiger partial charge in [0.15, 0.2) is 11.5 Å². The number of carbonyl (C=O) groups is 1. The first-order valence-corrected chi connectivity index (χ1v) is 15.7. The molecule has 3 aromatic rings. The lowest BCUT2D eigenvalue weighted by molar-refractivity contribution is -0.114. The van der Waals surface area contributed by atoms with E-state index in [1.165, 1.54) is 86.3 Å². The van der Waals surface area contributed by atoms with Crippen LogP contribution in [-0.4, -0.2) is 68.0 Å². The van der Waals surface area contributed by atoms with Gasteiger partial charge in [0.25, 0.3) is 10.0 Å². The molecule has 0 aliphatic carbocycles. The third-order valence-corrected chi connectivity index (χ3v) is 10.2. The number of benzene rings is 3. The van der Waals surface area contributed by atoms with Gasteiger partial charge in [-0.1, -0.05) is 25.4 Å². The van der Waals surface area contributed by atoms with Crippen molar-refractivity contribution in [3.63, 3.8) is 0 Å². The molecule has 0 heterocycles. The number of carbonyl (C=O) groups excluding carboxylic acids is 1. The van der Waals surface area contributed by atoms with Crippen LogP contribution in [0, 0.1) is 0 Å². The van der Waals surface area contributed by atoms with Crippen LogP contribution in [0.5, 0.6) is 17.2 Å². The fourth-order valence-corrected chi connectivity index (χ4v) is 7.08. The average Bonchev–Trinajstić information content (AvgIpc) is 2.96. The van der Waals surface area contributed by atoms with Crippen molar-refractivity contribution in [1.29, 1.82) is 0 Å². The lowest BCUT2D eigenvalue weighted by Crippen LogP contribution is -2.38. The van der Waals surface area contributed by atoms with Crippen molar-refractivity contribution in [2.45, 2.75) is 23.6 Å². The molecule has 11 nitrogen and oxygen atoms in total. The minimum atomic E-state index is -4.38. The molecule has 0 aliphatic heterocycles. The van der Waals surface area contributed by atoms with Crippen LogP contribution in [0.1, 0.15) is 13.8 Å². The van der Waals surface area contributed by atoms with Crippen molar-refractivity contribution >= 4 is 48.9 Å². The van der Waals surface area contributed by atoms with Crippen molar-refractivity contribution in [3.05, 3.63) is 65.7 Å². The molecule has 1 amide bonds. The van der Waals surface area contributed by atoms with E-state index in [1.807, 2.05) is 0 Å². The Morgan fingerprint density at radius 3 is 1.88 bits per heavy atom. The van der Waals surface area contributed by atoms with E-state index < -0.39 is 32.5 Å². The van der Waals surface area contributed by atoms with Crippen molar-refractivity contribution in [2.75, 3.05) is 50.6 Å². The number of hydrogen-bond donors (Lipinski definition) is 1. The summed E-state index contributed by atoms with van der Waals surface area (Å²) >= 11 is 6.20. The smallest absolute Gasteiger partial charge is 0.265 e. The van der Waals surface area contributed by atoms with Crippen LogP contribution >= 0.6 is 11.6 Å². The van der Waals surface area contributed by atoms with E-state index in [1.54, 1.807) is 13.8 Å². The quantitative estimate of drug-likeness (QED) is 0.299. The number of amides is 1. The van der Waals surface area contributed by atoms with E-state index >= 15 is 0 Å². The van der Waals surface area contributed by atoms with Gasteiger partial charge in [0, 0.05) is 29.9 Å². The lowest BCUT2D eigenvalue weighted by Gasteiger charge is -2.26. The van der Waals surface area contributed by atoms with Crippen molar-refractivity contribution < 1.29 is 35.8 Å². The topological polar surface area (TPSA) is 132 Å². The first-order chi connectivity index (χ1) is 19.4. The molecule has 0 fully saturated rings. The van der Waals surface area contributed by atoms with E-state index in [0.717, 1.165) is 4.31 Å². The number of hydrogen-bond acceptors (Lipinski definition) is 8. The molecule has 0 unspecified atom stereocenters. The molecular weight excluding hydrogens is 594 g/mol. The van der Waals surface area contributed by atoms with Crippen LogP contribution in [0.2, 0.25) is 5.02 Å². The van der Waals surface area contributed by atoms with E-state index in [2.05, 4.69) is 5.32 Å². The number of methoxy groups -OCH3 is 3. The Bertz CT molecular complexity index is 1590. The van der Waals surface area contributed by atoms with Gasteiger partial charge in [-0.15, -0.1) is 0 Å². The van der Waals surface area contributed by atoms with Gasteiger partial charge < -0.3 is 19.5 Å². The van der Waals surface area contributed by atoms with E-state index in [-0.39, 0.29) is 37.7 Å². The molecule has 0 bridgehead atoms. The fourth-order valence-electron chi connectivity index (χ4n) is 4.02. The second-order valence-electron chi connectivity index (χ2n) is 8.51. The van der Waals surface area contributed by atoms with Crippen molar-refractivity contribution in [3.8, 4) is 17.2 Å². The number of nitrogens with one attached hydrogen (secondary N) is 1. The van der Waals surface area contributed by atoms with Crippen molar-refractivity contribution in [1.82, 2.24) is 4.31 Å². The highest BCUT2D eigenvalue weighted by Crippen LogP contribution is 2.37. The second-order valence-corrected chi connectivity index (χ2v) is 12.7. The monoisotopic (exact) mass is 625 g/mol. The predicted octanol–water partition coefficient (Wildman–Crippen LogP) is 4.23. The lowest BCUT2D eigenvalue weighted by atomic mass is 10.3. The minimum Gasteiger partial charge on any atom is -0.495 e. The Hall–Kier alpha value is -3.52. The number of halogens is 1. The summed E-state index contributed by atoms with van der Waals surface area (Å²) in [5.41, 5.74) is 0.306. The van der Waals surface area contributed by atoms with Crippen LogP contribution < -0.4 is 23.8 Å². The predicted molar refractivity (Wildman–Crippen MR) is 157 cm³/mol. The Labute approximate surface area is 245 Å². The van der Waals surface area contributed by atoms with Crippen LogP contribution in [0.3, 0.4) is 0 Å². The van der Waals surface area contributed by atoms with Crippen LogP contribution in [0.15, 0.2) is 70.5 Å². The summed E-state index contributed by atoms with van der Waals surface area (Å²) in [4.78, 5) is 13.1. The highest BCUT2D eigenvalue weighted by molar-refractivity contribution is 7.93. The summed E-state index contributed by atoms with van der Waals surface area (Å²) in [5.74, 6) is -0.0361. The maximum atomic E-state index is 13.9. The maximum Gasteiger partial charge on any atom is 0.265 e. The molecular formula is C27H32ClN3O8S2. The summed E-state index contributed by atoms with van der Waals surface area (Å²) < 4.78 is 71.4. The molecule has 222 valence electrons. The first kappa shape index (κ1) is 32.0. The zero-order chi connectivity index (χ0) is 30.4. The zero-order valence-corrected chi connectivity index (χ0v) is 25.6. The summed E-state index contributed by atoms with van der Waals surface area (Å²) in [6, 6.07) is 14.1. The summed E-state index contributed by atoms with van der Waals surface area (Å²) in [7, 11) is -3.91. The fraction of sp³-hybridized carbons (Fsp3) is 0.296. The Morgan fingerprint density at radius 2 is 1.32 bits per heavy atom. The highest BCUT2D eigenvalue weighted by Gasteiger charge is 2.31. The normalized spacial score (nSPS) is 11.7. The minimum absolute atomic E-state index is 0.0330. The van der Waals surface area contributed by atoms with E-state index in [0.29, 0.717) is 18.8 Å². The van der Waals surface area contributed by atoms with Crippen LogP contribution in [-0.2, 0) is 24.8 Å². The van der Waals surface area contributed by atoms with Gasteiger partial charge >= 0.3 is 0 Å². The molecule has 1 N–H and O–H groups in total. The van der Waals surface area contributed by atoms with Crippen molar-refractivity contribution in [2.24, 2.45) is 0 Å². The van der Waals surface area contributed by atoms with Gasteiger partial charge in [0.2, 0.25) is 15.9 Å². The summed E-state index contributed by atoms with van der Waals surface area (Å²) in [6.07, 6.45) is 0. The van der Waals surface area contributed by atoms with Gasteiger partial charge in [-0.25, -0.2) is 16.8 Å². The zero-order valence-electron chi connectivity index (χ0n) is 23.2. The van der Waals surface area contributed by atoms with E-state index in [9.17, 15) is 21.6 Å². The molecule has 41 heavy (non-hydrogen) atoms. The molecule has 3 rings (SSSR count). The maximum absolute atomic E-state index is 13.9. The SMILES string of the molecule is CCN(CC)S(=O)(=O)c1ccc(NC(=O)CN(c2cc(Cl)ccc2OC)S(=O)(=O)c2ccc(OC)c(OC)c2)cc1. The third-order valence-electron chi connectivity index (χ3n) is 6.12. The van der Waals surface area contributed by atoms with Gasteiger partial charge in [-0.2, -0.15) is 4.31 Å². The molecule has 0 saturated carbocycles. The molecule has 0 radical (unpaired) electrons. The van der Waals surface area contributed by atoms with Gasteiger partial charge in [-0.3, -0.25) is 9.10 Å². The summed E-state index contributed by atoms with van der Waals surface area (Å²) in [6.45, 7) is 3.45. The molecule has 14 heteroatoms. The average molecular weight is 626 g/mol. The van der Waals surface area contributed by atoms with Gasteiger partial charge in [0.1, 0.15) is 12.3 Å². The van der Waals surface area contributed by atoms with E-state index in [4.69, 9.17) is 25.8 Å². The van der Waals surface area contributed by atoms with Crippen LogP contribution in [0.25, 0.3) is 0 Å². The molecule has 0 atom stereocenters. The number of rotatable bonds is 13. The third kappa shape index (κ3) is 7.04. The number of ether oxygens (including phenoxy) is 3. The highest BCUT2D eigenvalue weighted by atomic mass is 35.5. The summed E-state index contributed by atoms with van der Waals surface area (Å²) in [5, 5.41) is 2.84. The molecule has 3 aromatic carbocycles.